The zero-order chi connectivity index (χ0) is 14.9. The number of benzene rings is 1. The molecule has 1 aliphatic heterocycles. The van der Waals surface area contributed by atoms with E-state index in [0.717, 1.165) is 6.07 Å². The molecule has 0 unspecified atom stereocenters. The minimum atomic E-state index is -0.595. The first-order chi connectivity index (χ1) is 9.41. The number of hydrogen-bond acceptors (Lipinski definition) is 4. The highest BCUT2D eigenvalue weighted by atomic mass is 35.5. The van der Waals surface area contributed by atoms with Crippen LogP contribution in [0.3, 0.4) is 0 Å². The molecule has 1 heterocycles. The summed E-state index contributed by atoms with van der Waals surface area (Å²) in [5, 5.41) is 13.3. The number of hydrogen-bond donors (Lipinski definition) is 1. The number of carbonyl (C=O) groups excluding carboxylic acids is 2. The molecule has 7 nitrogen and oxygen atoms in total. The SMILES string of the molecule is C[C@@H]1C(=O)NCCN1C(=O)c1ccc([N+](=O)[O-])cc1Cl. The van der Waals surface area contributed by atoms with Crippen molar-refractivity contribution in [2.24, 2.45) is 0 Å². The molecule has 2 rings (SSSR count). The van der Waals surface area contributed by atoms with Crippen molar-refractivity contribution in [2.75, 3.05) is 13.1 Å². The van der Waals surface area contributed by atoms with Gasteiger partial charge in [-0.15, -0.1) is 0 Å². The number of piperazine rings is 1. The van der Waals surface area contributed by atoms with Crippen LogP contribution in [-0.4, -0.2) is 40.8 Å². The standard InChI is InChI=1S/C12H12ClN3O4/c1-7-11(17)14-4-5-15(7)12(18)9-3-2-8(16(19)20)6-10(9)13/h2-3,6-7H,4-5H2,1H3,(H,14,17)/t7-/m1/s1. The highest BCUT2D eigenvalue weighted by molar-refractivity contribution is 6.34. The fourth-order valence-corrected chi connectivity index (χ4v) is 2.26. The average molecular weight is 298 g/mol. The third-order valence-corrected chi connectivity index (χ3v) is 3.47. The Hall–Kier alpha value is -2.15. The van der Waals surface area contributed by atoms with Crippen LogP contribution in [0.5, 0.6) is 0 Å². The van der Waals surface area contributed by atoms with E-state index in [1.54, 1.807) is 6.92 Å². The summed E-state index contributed by atoms with van der Waals surface area (Å²) in [5.41, 5.74) is -0.0326. The smallest absolute Gasteiger partial charge is 0.270 e. The number of nitro groups is 1. The second kappa shape index (κ2) is 5.46. The summed E-state index contributed by atoms with van der Waals surface area (Å²) in [5.74, 6) is -0.644. The van der Waals surface area contributed by atoms with Gasteiger partial charge in [0, 0.05) is 25.2 Å². The molecule has 8 heteroatoms. The summed E-state index contributed by atoms with van der Waals surface area (Å²) >= 11 is 5.92. The van der Waals surface area contributed by atoms with Crippen LogP contribution in [-0.2, 0) is 4.79 Å². The second-order valence-corrected chi connectivity index (χ2v) is 4.79. The molecule has 1 aliphatic rings. The van der Waals surface area contributed by atoms with Crippen molar-refractivity contribution in [1.82, 2.24) is 10.2 Å². The summed E-state index contributed by atoms with van der Waals surface area (Å²) in [4.78, 5) is 35.3. The van der Waals surface area contributed by atoms with Crippen LogP contribution in [0.15, 0.2) is 18.2 Å². The predicted molar refractivity (Wildman–Crippen MR) is 71.6 cm³/mol. The number of nitrogens with one attached hydrogen (secondary N) is 1. The zero-order valence-corrected chi connectivity index (χ0v) is 11.4. The van der Waals surface area contributed by atoms with Crippen molar-refractivity contribution in [2.45, 2.75) is 13.0 Å². The molecule has 20 heavy (non-hydrogen) atoms. The summed E-state index contributed by atoms with van der Waals surface area (Å²) in [7, 11) is 0. The molecular formula is C12H12ClN3O4. The first-order valence-corrected chi connectivity index (χ1v) is 6.32. The number of rotatable bonds is 2. The maximum atomic E-state index is 12.3. The van der Waals surface area contributed by atoms with Gasteiger partial charge in [0.05, 0.1) is 15.5 Å². The summed E-state index contributed by atoms with van der Waals surface area (Å²) in [6, 6.07) is 3.06. The van der Waals surface area contributed by atoms with Gasteiger partial charge < -0.3 is 10.2 Å². The van der Waals surface area contributed by atoms with Crippen LogP contribution in [0, 0.1) is 10.1 Å². The monoisotopic (exact) mass is 297 g/mol. The van der Waals surface area contributed by atoms with Crippen LogP contribution in [0.2, 0.25) is 5.02 Å². The third-order valence-electron chi connectivity index (χ3n) is 3.15. The molecule has 0 saturated carbocycles. The summed E-state index contributed by atoms with van der Waals surface area (Å²) in [6.45, 7) is 2.37. The Bertz CT molecular complexity index is 590. The quantitative estimate of drug-likeness (QED) is 0.656. The van der Waals surface area contributed by atoms with E-state index in [1.165, 1.54) is 17.0 Å². The van der Waals surface area contributed by atoms with Crippen molar-refractivity contribution >= 4 is 29.1 Å². The number of nitrogens with zero attached hydrogens (tertiary/aromatic N) is 2. The summed E-state index contributed by atoms with van der Waals surface area (Å²) in [6.07, 6.45) is 0. The fourth-order valence-electron chi connectivity index (χ4n) is 2.01. The van der Waals surface area contributed by atoms with E-state index in [1.807, 2.05) is 0 Å². The molecular weight excluding hydrogens is 286 g/mol. The number of non-ortho nitro benzene ring substituents is 1. The average Bonchev–Trinajstić information content (AvgIpc) is 2.41. The Morgan fingerprint density at radius 2 is 2.25 bits per heavy atom. The molecule has 1 atom stereocenters. The van der Waals surface area contributed by atoms with Crippen LogP contribution in [0.4, 0.5) is 5.69 Å². The van der Waals surface area contributed by atoms with Gasteiger partial charge in [-0.05, 0) is 13.0 Å². The van der Waals surface area contributed by atoms with E-state index < -0.39 is 16.9 Å². The van der Waals surface area contributed by atoms with Gasteiger partial charge in [-0.3, -0.25) is 19.7 Å². The fraction of sp³-hybridized carbons (Fsp3) is 0.333. The van der Waals surface area contributed by atoms with Crippen LogP contribution in [0.1, 0.15) is 17.3 Å². The van der Waals surface area contributed by atoms with E-state index in [4.69, 9.17) is 11.6 Å². The first-order valence-electron chi connectivity index (χ1n) is 5.94. The topological polar surface area (TPSA) is 92.6 Å². The zero-order valence-electron chi connectivity index (χ0n) is 10.6. The van der Waals surface area contributed by atoms with Gasteiger partial charge in [0.1, 0.15) is 6.04 Å². The molecule has 0 bridgehead atoms. The molecule has 1 aromatic rings. The molecule has 1 saturated heterocycles. The van der Waals surface area contributed by atoms with Gasteiger partial charge in [-0.2, -0.15) is 0 Å². The summed E-state index contributed by atoms with van der Waals surface area (Å²) < 4.78 is 0. The maximum Gasteiger partial charge on any atom is 0.270 e. The van der Waals surface area contributed by atoms with Gasteiger partial charge in [-0.1, -0.05) is 11.6 Å². The van der Waals surface area contributed by atoms with Gasteiger partial charge in [0.2, 0.25) is 5.91 Å². The van der Waals surface area contributed by atoms with Crippen molar-refractivity contribution in [3.8, 4) is 0 Å². The second-order valence-electron chi connectivity index (χ2n) is 4.39. The number of nitro benzene ring substituents is 1. The minimum absolute atomic E-state index is 0.00221. The lowest BCUT2D eigenvalue weighted by atomic mass is 10.1. The van der Waals surface area contributed by atoms with E-state index in [0.29, 0.717) is 13.1 Å². The minimum Gasteiger partial charge on any atom is -0.353 e. The molecule has 0 aliphatic carbocycles. The molecule has 0 aromatic heterocycles. The first kappa shape index (κ1) is 14.3. The Morgan fingerprint density at radius 3 is 2.85 bits per heavy atom. The van der Waals surface area contributed by atoms with Gasteiger partial charge >= 0.3 is 0 Å². The molecule has 0 radical (unpaired) electrons. The highest BCUT2D eigenvalue weighted by Gasteiger charge is 2.31. The van der Waals surface area contributed by atoms with E-state index in [9.17, 15) is 19.7 Å². The molecule has 2 amide bonds. The van der Waals surface area contributed by atoms with Crippen molar-refractivity contribution in [1.29, 1.82) is 0 Å². The third kappa shape index (κ3) is 2.57. The Kier molecular flexibility index (Phi) is 3.89. The van der Waals surface area contributed by atoms with Gasteiger partial charge in [0.15, 0.2) is 0 Å². The van der Waals surface area contributed by atoms with Gasteiger partial charge in [-0.25, -0.2) is 0 Å². The normalized spacial score (nSPS) is 18.6. The Balaban J connectivity index is 2.29. The number of halogens is 1. The largest absolute Gasteiger partial charge is 0.353 e. The number of carbonyl (C=O) groups is 2. The lowest BCUT2D eigenvalue weighted by Crippen LogP contribution is -2.55. The molecule has 1 aromatic carbocycles. The van der Waals surface area contributed by atoms with Crippen LogP contribution < -0.4 is 5.32 Å². The predicted octanol–water partition coefficient (Wildman–Crippen LogP) is 1.21. The Morgan fingerprint density at radius 1 is 1.55 bits per heavy atom. The van der Waals surface area contributed by atoms with E-state index in [2.05, 4.69) is 5.32 Å². The Labute approximate surface area is 119 Å². The van der Waals surface area contributed by atoms with Crippen molar-refractivity contribution < 1.29 is 14.5 Å². The van der Waals surface area contributed by atoms with E-state index in [-0.39, 0.29) is 22.2 Å². The highest BCUT2D eigenvalue weighted by Crippen LogP contribution is 2.24. The van der Waals surface area contributed by atoms with Crippen molar-refractivity contribution in [3.63, 3.8) is 0 Å². The number of amides is 2. The molecule has 0 spiro atoms. The molecule has 1 fully saturated rings. The van der Waals surface area contributed by atoms with E-state index >= 15 is 0 Å². The van der Waals surface area contributed by atoms with Crippen LogP contribution in [0.25, 0.3) is 0 Å². The molecule has 106 valence electrons. The lowest BCUT2D eigenvalue weighted by Gasteiger charge is -2.33. The maximum absolute atomic E-state index is 12.3. The van der Waals surface area contributed by atoms with Crippen LogP contribution >= 0.6 is 11.6 Å². The van der Waals surface area contributed by atoms with Gasteiger partial charge in [0.25, 0.3) is 11.6 Å². The van der Waals surface area contributed by atoms with Crippen molar-refractivity contribution in [3.05, 3.63) is 38.9 Å². The lowest BCUT2D eigenvalue weighted by molar-refractivity contribution is -0.384. The molecule has 1 N–H and O–H groups in total.